The second-order valence-corrected chi connectivity index (χ2v) is 8.97. The molecule has 148 valence electrons. The zero-order valence-electron chi connectivity index (χ0n) is 17.0. The molecule has 1 aromatic carbocycles. The Labute approximate surface area is 162 Å². The topological polar surface area (TPSA) is 58.6 Å². The van der Waals surface area contributed by atoms with Crippen molar-refractivity contribution in [2.24, 2.45) is 17.3 Å². The molecule has 0 unspecified atom stereocenters. The minimum atomic E-state index is -0.580. The predicted octanol–water partition coefficient (Wildman–Crippen LogP) is 4.61. The number of fused-ring (bicyclic) bond motifs is 1. The average Bonchev–Trinajstić information content (AvgIpc) is 3.13. The molecule has 1 N–H and O–H groups in total. The summed E-state index contributed by atoms with van der Waals surface area (Å²) in [6.45, 7) is 9.17. The van der Waals surface area contributed by atoms with Crippen LogP contribution in [0, 0.1) is 17.3 Å². The van der Waals surface area contributed by atoms with Gasteiger partial charge in [-0.05, 0) is 51.2 Å². The number of carbonyl (C=O) groups is 2. The van der Waals surface area contributed by atoms with Gasteiger partial charge < -0.3 is 15.0 Å². The van der Waals surface area contributed by atoms with Gasteiger partial charge in [0.2, 0.25) is 11.8 Å². The molecule has 1 aliphatic heterocycles. The SMILES string of the molecule is CC(C)CCN1C(=O)C(C)(C)COc2cc(NC(=O)C3CCCC3)ccc21. The van der Waals surface area contributed by atoms with Crippen molar-refractivity contribution in [3.05, 3.63) is 18.2 Å². The van der Waals surface area contributed by atoms with Crippen molar-refractivity contribution in [3.8, 4) is 5.75 Å². The minimum Gasteiger partial charge on any atom is -0.490 e. The van der Waals surface area contributed by atoms with Gasteiger partial charge in [-0.25, -0.2) is 0 Å². The lowest BCUT2D eigenvalue weighted by molar-refractivity contribution is -0.127. The van der Waals surface area contributed by atoms with Gasteiger partial charge in [-0.15, -0.1) is 0 Å². The fourth-order valence-corrected chi connectivity index (χ4v) is 3.77. The molecule has 1 heterocycles. The third kappa shape index (κ3) is 4.45. The normalized spacial score (nSPS) is 19.6. The number of hydrogen-bond donors (Lipinski definition) is 1. The Kier molecular flexibility index (Phi) is 5.78. The van der Waals surface area contributed by atoms with Crippen LogP contribution in [-0.4, -0.2) is 25.0 Å². The molecule has 2 aliphatic rings. The molecule has 5 heteroatoms. The molecule has 1 aromatic rings. The molecule has 0 saturated heterocycles. The number of ether oxygens (including phenoxy) is 1. The summed E-state index contributed by atoms with van der Waals surface area (Å²) in [4.78, 5) is 27.3. The van der Waals surface area contributed by atoms with Gasteiger partial charge >= 0.3 is 0 Å². The van der Waals surface area contributed by atoms with E-state index in [1.165, 1.54) is 0 Å². The van der Waals surface area contributed by atoms with Crippen LogP contribution < -0.4 is 15.0 Å². The zero-order valence-corrected chi connectivity index (χ0v) is 17.0. The summed E-state index contributed by atoms with van der Waals surface area (Å²) in [5, 5.41) is 3.03. The van der Waals surface area contributed by atoms with Crippen molar-refractivity contribution in [1.29, 1.82) is 0 Å². The number of carbonyl (C=O) groups excluding carboxylic acids is 2. The molecule has 27 heavy (non-hydrogen) atoms. The predicted molar refractivity (Wildman–Crippen MR) is 108 cm³/mol. The highest BCUT2D eigenvalue weighted by molar-refractivity contribution is 6.00. The van der Waals surface area contributed by atoms with Crippen LogP contribution in [-0.2, 0) is 9.59 Å². The largest absolute Gasteiger partial charge is 0.490 e. The summed E-state index contributed by atoms with van der Waals surface area (Å²) in [7, 11) is 0. The molecule has 1 aliphatic carbocycles. The number of amides is 2. The summed E-state index contributed by atoms with van der Waals surface area (Å²) < 4.78 is 6.01. The monoisotopic (exact) mass is 372 g/mol. The van der Waals surface area contributed by atoms with Gasteiger partial charge in [-0.2, -0.15) is 0 Å². The van der Waals surface area contributed by atoms with Gasteiger partial charge in [-0.1, -0.05) is 26.7 Å². The fourth-order valence-electron chi connectivity index (χ4n) is 3.77. The molecule has 1 saturated carbocycles. The molecule has 0 radical (unpaired) electrons. The first-order valence-electron chi connectivity index (χ1n) is 10.2. The molecule has 0 atom stereocenters. The Balaban J connectivity index is 1.84. The summed E-state index contributed by atoms with van der Waals surface area (Å²) in [5.74, 6) is 1.48. The van der Waals surface area contributed by atoms with Gasteiger partial charge in [0.25, 0.3) is 0 Å². The Morgan fingerprint density at radius 2 is 2.00 bits per heavy atom. The maximum absolute atomic E-state index is 13.1. The van der Waals surface area contributed by atoms with Gasteiger partial charge in [0, 0.05) is 24.2 Å². The lowest BCUT2D eigenvalue weighted by Crippen LogP contribution is -2.42. The second-order valence-electron chi connectivity index (χ2n) is 8.97. The van der Waals surface area contributed by atoms with E-state index in [0.29, 0.717) is 24.8 Å². The van der Waals surface area contributed by atoms with Crippen LogP contribution in [0.4, 0.5) is 11.4 Å². The van der Waals surface area contributed by atoms with Crippen molar-refractivity contribution < 1.29 is 14.3 Å². The van der Waals surface area contributed by atoms with Gasteiger partial charge in [0.15, 0.2) is 0 Å². The van der Waals surface area contributed by atoms with Gasteiger partial charge in [0.05, 0.1) is 11.1 Å². The minimum absolute atomic E-state index is 0.0876. The van der Waals surface area contributed by atoms with E-state index in [1.54, 1.807) is 0 Å². The third-order valence-electron chi connectivity index (χ3n) is 5.59. The highest BCUT2D eigenvalue weighted by Gasteiger charge is 2.37. The zero-order chi connectivity index (χ0) is 19.6. The number of anilines is 2. The van der Waals surface area contributed by atoms with Gasteiger partial charge in [0.1, 0.15) is 12.4 Å². The fraction of sp³-hybridized carbons (Fsp3) is 0.636. The summed E-state index contributed by atoms with van der Waals surface area (Å²) >= 11 is 0. The molecule has 1 fully saturated rings. The molecule has 5 nitrogen and oxygen atoms in total. The summed E-state index contributed by atoms with van der Waals surface area (Å²) in [6.07, 6.45) is 5.14. The highest BCUT2D eigenvalue weighted by Crippen LogP contribution is 2.38. The Morgan fingerprint density at radius 3 is 2.67 bits per heavy atom. The Bertz CT molecular complexity index is 706. The molecule has 0 aromatic heterocycles. The molecule has 0 bridgehead atoms. The van der Waals surface area contributed by atoms with Crippen molar-refractivity contribution >= 4 is 23.2 Å². The quantitative estimate of drug-likeness (QED) is 0.821. The molecule has 3 rings (SSSR count). The van der Waals surface area contributed by atoms with E-state index >= 15 is 0 Å². The number of rotatable bonds is 5. The number of hydrogen-bond acceptors (Lipinski definition) is 3. The second kappa shape index (κ2) is 7.91. The summed E-state index contributed by atoms with van der Waals surface area (Å²) in [5.41, 5.74) is 0.954. The van der Waals surface area contributed by atoms with Crippen LogP contribution in [0.1, 0.15) is 59.8 Å². The first kappa shape index (κ1) is 19.7. The van der Waals surface area contributed by atoms with Crippen LogP contribution in [0.25, 0.3) is 0 Å². The van der Waals surface area contributed by atoms with E-state index in [2.05, 4.69) is 19.2 Å². The van der Waals surface area contributed by atoms with Crippen LogP contribution in [0.5, 0.6) is 5.75 Å². The van der Waals surface area contributed by atoms with E-state index in [1.807, 2.05) is 36.9 Å². The van der Waals surface area contributed by atoms with Crippen molar-refractivity contribution in [2.75, 3.05) is 23.4 Å². The van der Waals surface area contributed by atoms with E-state index in [9.17, 15) is 9.59 Å². The lowest BCUT2D eigenvalue weighted by Gasteiger charge is -2.28. The van der Waals surface area contributed by atoms with Crippen LogP contribution in [0.2, 0.25) is 0 Å². The van der Waals surface area contributed by atoms with Crippen LogP contribution >= 0.6 is 0 Å². The standard InChI is InChI=1S/C22H32N2O3/c1-15(2)11-12-24-18-10-9-17(23-20(25)16-7-5-6-8-16)13-19(18)27-14-22(3,4)21(24)26/h9-10,13,15-16H,5-8,11-12,14H2,1-4H3,(H,23,25). The molecular formula is C22H32N2O3. The van der Waals surface area contributed by atoms with Crippen LogP contribution in [0.3, 0.4) is 0 Å². The summed E-state index contributed by atoms with van der Waals surface area (Å²) in [6, 6.07) is 5.64. The average molecular weight is 373 g/mol. The van der Waals surface area contributed by atoms with Crippen LogP contribution in [0.15, 0.2) is 18.2 Å². The van der Waals surface area contributed by atoms with Crippen molar-refractivity contribution in [2.45, 2.75) is 59.8 Å². The van der Waals surface area contributed by atoms with E-state index in [-0.39, 0.29) is 17.7 Å². The van der Waals surface area contributed by atoms with E-state index in [0.717, 1.165) is 43.5 Å². The van der Waals surface area contributed by atoms with Crippen molar-refractivity contribution in [3.63, 3.8) is 0 Å². The first-order valence-corrected chi connectivity index (χ1v) is 10.2. The number of benzene rings is 1. The Hall–Kier alpha value is -2.04. The number of nitrogens with one attached hydrogen (secondary N) is 1. The highest BCUT2D eigenvalue weighted by atomic mass is 16.5. The number of nitrogens with zero attached hydrogens (tertiary/aromatic N) is 1. The lowest BCUT2D eigenvalue weighted by atomic mass is 9.92. The maximum Gasteiger partial charge on any atom is 0.236 e. The smallest absolute Gasteiger partial charge is 0.236 e. The Morgan fingerprint density at radius 1 is 1.30 bits per heavy atom. The third-order valence-corrected chi connectivity index (χ3v) is 5.59. The van der Waals surface area contributed by atoms with Gasteiger partial charge in [-0.3, -0.25) is 9.59 Å². The van der Waals surface area contributed by atoms with Crippen molar-refractivity contribution in [1.82, 2.24) is 0 Å². The molecular weight excluding hydrogens is 340 g/mol. The molecule has 0 spiro atoms. The maximum atomic E-state index is 13.1. The molecule has 2 amide bonds. The van der Waals surface area contributed by atoms with E-state index in [4.69, 9.17) is 4.74 Å². The first-order chi connectivity index (χ1) is 12.8. The van der Waals surface area contributed by atoms with E-state index < -0.39 is 5.41 Å².